The zero-order chi connectivity index (χ0) is 40.3. The molecule has 3 fully saturated rings. The van der Waals surface area contributed by atoms with E-state index in [2.05, 4.69) is 53.9 Å². The average molecular weight is 775 g/mol. The number of allylic oxidation sites excluding steroid dienone is 1. The van der Waals surface area contributed by atoms with Gasteiger partial charge in [-0.15, -0.1) is 0 Å². The first-order valence-corrected chi connectivity index (χ1v) is 21.8. The minimum Gasteiger partial charge on any atom is -0.493 e. The van der Waals surface area contributed by atoms with Crippen LogP contribution >= 0.6 is 0 Å². The second-order valence-electron chi connectivity index (χ2n) is 18.1. The van der Waals surface area contributed by atoms with E-state index in [4.69, 9.17) is 23.7 Å². The number of unbranched alkanes of at least 4 members (excludes halogenated alkanes) is 2. The van der Waals surface area contributed by atoms with Crippen LogP contribution in [0.15, 0.2) is 55.2 Å². The van der Waals surface area contributed by atoms with E-state index in [1.54, 1.807) is 18.2 Å². The molecule has 0 aliphatic heterocycles. The Kier molecular flexibility index (Phi) is 15.7. The maximum Gasteiger partial charge on any atom is 0.338 e. The molecule has 1 aromatic rings. The lowest BCUT2D eigenvalue weighted by Gasteiger charge is -2.58. The summed E-state index contributed by atoms with van der Waals surface area (Å²) in [6.45, 7) is 20.6. The molecule has 5 rings (SSSR count). The predicted molar refractivity (Wildman–Crippen MR) is 220 cm³/mol. The van der Waals surface area contributed by atoms with E-state index >= 15 is 0 Å². The van der Waals surface area contributed by atoms with Crippen LogP contribution in [-0.2, 0) is 23.8 Å². The molecule has 0 radical (unpaired) electrons. The third-order valence-corrected chi connectivity index (χ3v) is 14.1. The predicted octanol–water partition coefficient (Wildman–Crippen LogP) is 11.0. The molecule has 0 heterocycles. The van der Waals surface area contributed by atoms with E-state index in [1.807, 2.05) is 0 Å². The smallest absolute Gasteiger partial charge is 0.338 e. The van der Waals surface area contributed by atoms with Crippen molar-refractivity contribution in [2.24, 2.45) is 46.3 Å². The number of benzene rings is 1. The molecule has 8 heteroatoms. The topological polar surface area (TPSA) is 97.4 Å². The van der Waals surface area contributed by atoms with Gasteiger partial charge >= 0.3 is 17.9 Å². The van der Waals surface area contributed by atoms with Gasteiger partial charge in [0.25, 0.3) is 0 Å². The normalized spacial score (nSPS) is 28.5. The van der Waals surface area contributed by atoms with E-state index in [1.165, 1.54) is 56.9 Å². The molecule has 56 heavy (non-hydrogen) atoms. The first kappa shape index (κ1) is 43.6. The third kappa shape index (κ3) is 10.9. The molecule has 8 atom stereocenters. The average Bonchev–Trinajstić information content (AvgIpc) is 3.54. The highest BCUT2D eigenvalue weighted by Gasteiger charge is 2.59. The lowest BCUT2D eigenvalue weighted by Crippen LogP contribution is -2.51. The monoisotopic (exact) mass is 775 g/mol. The second-order valence-corrected chi connectivity index (χ2v) is 18.1. The van der Waals surface area contributed by atoms with Gasteiger partial charge in [0.15, 0.2) is 0 Å². The molecule has 0 spiro atoms. The molecular weight excluding hydrogens is 705 g/mol. The van der Waals surface area contributed by atoms with Gasteiger partial charge in [-0.25, -0.2) is 14.4 Å². The molecule has 1 aromatic carbocycles. The molecule has 3 saturated carbocycles. The highest BCUT2D eigenvalue weighted by atomic mass is 16.5. The molecule has 0 saturated heterocycles. The van der Waals surface area contributed by atoms with Crippen LogP contribution in [0.3, 0.4) is 0 Å². The molecule has 8 nitrogen and oxygen atoms in total. The Bertz CT molecular complexity index is 1490. The van der Waals surface area contributed by atoms with Crippen LogP contribution in [-0.4, -0.2) is 50.4 Å². The van der Waals surface area contributed by atoms with Crippen LogP contribution in [0.5, 0.6) is 11.5 Å². The summed E-state index contributed by atoms with van der Waals surface area (Å²) in [6, 6.07) is 5.22. The summed E-state index contributed by atoms with van der Waals surface area (Å²) in [5, 5.41) is 0. The van der Waals surface area contributed by atoms with Crippen molar-refractivity contribution < 1.29 is 38.1 Å². The molecule has 0 aromatic heterocycles. The summed E-state index contributed by atoms with van der Waals surface area (Å²) in [4.78, 5) is 36.4. The van der Waals surface area contributed by atoms with Gasteiger partial charge in [0.05, 0.1) is 32.0 Å². The Morgan fingerprint density at radius 1 is 0.768 bits per heavy atom. The second kappa shape index (κ2) is 20.2. The Morgan fingerprint density at radius 3 is 2.00 bits per heavy atom. The third-order valence-electron chi connectivity index (χ3n) is 14.1. The molecular formula is C48H70O8. The van der Waals surface area contributed by atoms with Crippen molar-refractivity contribution in [2.45, 2.75) is 137 Å². The van der Waals surface area contributed by atoms with Gasteiger partial charge in [0.1, 0.15) is 17.6 Å². The number of rotatable bonds is 21. The summed E-state index contributed by atoms with van der Waals surface area (Å²) < 4.78 is 28.5. The maximum atomic E-state index is 13.8. The summed E-state index contributed by atoms with van der Waals surface area (Å²) >= 11 is 0. The van der Waals surface area contributed by atoms with Crippen molar-refractivity contribution >= 4 is 17.9 Å². The number of hydrogen-bond donors (Lipinski definition) is 0. The minimum absolute atomic E-state index is 0.166. The first-order chi connectivity index (χ1) is 26.9. The van der Waals surface area contributed by atoms with Crippen molar-refractivity contribution in [3.63, 3.8) is 0 Å². The Labute approximate surface area is 337 Å². The first-order valence-electron chi connectivity index (χ1n) is 21.8. The zero-order valence-electron chi connectivity index (χ0n) is 35.1. The van der Waals surface area contributed by atoms with E-state index in [-0.39, 0.29) is 30.7 Å². The molecule has 0 N–H and O–H groups in total. The fraction of sp³-hybridized carbons (Fsp3) is 0.688. The molecule has 0 amide bonds. The van der Waals surface area contributed by atoms with Gasteiger partial charge in [-0.1, -0.05) is 78.7 Å². The van der Waals surface area contributed by atoms with Crippen molar-refractivity contribution in [1.82, 2.24) is 0 Å². The summed E-state index contributed by atoms with van der Waals surface area (Å²) in [7, 11) is 0. The lowest BCUT2D eigenvalue weighted by molar-refractivity contribution is -0.138. The number of carbonyl (C=O) groups excluding carboxylic acids is 3. The fourth-order valence-electron chi connectivity index (χ4n) is 11.1. The zero-order valence-corrected chi connectivity index (χ0v) is 35.1. The van der Waals surface area contributed by atoms with Crippen LogP contribution in [0.2, 0.25) is 0 Å². The summed E-state index contributed by atoms with van der Waals surface area (Å²) in [5.41, 5.74) is 2.54. The van der Waals surface area contributed by atoms with Gasteiger partial charge in [0.2, 0.25) is 0 Å². The van der Waals surface area contributed by atoms with E-state index in [0.717, 1.165) is 61.0 Å². The minimum atomic E-state index is -0.444. The summed E-state index contributed by atoms with van der Waals surface area (Å²) in [5.74, 6) is 4.52. The highest BCUT2D eigenvalue weighted by molar-refractivity contribution is 5.90. The SMILES string of the molecule is C=CC(=O)OCCCCOc1cc(OCCCCOC(=O)C=C)cc(C(=O)O[C@H]2CC[C@@]3(C)C(=CC[C@H]4[C@@H]5CC[C@H]([C@H](C)CCCC(C)C)[C@@]5(C)CC[C@@H]43)C2)c1. The molecule has 310 valence electrons. The number of esters is 3. The van der Waals surface area contributed by atoms with Gasteiger partial charge in [0, 0.05) is 24.6 Å². The lowest BCUT2D eigenvalue weighted by atomic mass is 9.47. The Balaban J connectivity index is 1.19. The van der Waals surface area contributed by atoms with Crippen LogP contribution < -0.4 is 9.47 Å². The van der Waals surface area contributed by atoms with E-state index in [0.29, 0.717) is 67.3 Å². The highest BCUT2D eigenvalue weighted by Crippen LogP contribution is 2.67. The van der Waals surface area contributed by atoms with Crippen molar-refractivity contribution in [2.75, 3.05) is 26.4 Å². The van der Waals surface area contributed by atoms with Gasteiger partial charge in [-0.05, 0) is 129 Å². The quantitative estimate of drug-likeness (QED) is 0.0400. The van der Waals surface area contributed by atoms with Crippen LogP contribution in [0.1, 0.15) is 141 Å². The van der Waals surface area contributed by atoms with Crippen molar-refractivity contribution in [3.8, 4) is 11.5 Å². The molecule has 0 bridgehead atoms. The number of fused-ring (bicyclic) bond motifs is 5. The van der Waals surface area contributed by atoms with Gasteiger partial charge in [-0.2, -0.15) is 0 Å². The molecule has 4 aliphatic rings. The molecule has 0 unspecified atom stereocenters. The van der Waals surface area contributed by atoms with Crippen LogP contribution in [0.4, 0.5) is 0 Å². The van der Waals surface area contributed by atoms with Crippen molar-refractivity contribution in [1.29, 1.82) is 0 Å². The van der Waals surface area contributed by atoms with Crippen molar-refractivity contribution in [3.05, 3.63) is 60.7 Å². The van der Waals surface area contributed by atoms with E-state index < -0.39 is 11.9 Å². The standard InChI is InChI=1S/C48H70O8/c1-8-44(49)54-27-12-10-25-52-38-29-35(30-39(32-38)53-26-11-13-28-55-45(50)9-2)46(51)56-37-21-23-47(6)36(31-37)17-18-40-42-20-19-41(34(5)16-14-15-33(3)4)48(42,7)24-22-43(40)47/h8-9,17,29-30,32-34,37,40-43H,1-2,10-16,18-28,31H2,3-7H3/t34-,37+,40+,41-,42+,43+,47+,48-/m1/s1. The fourth-order valence-corrected chi connectivity index (χ4v) is 11.1. The van der Waals surface area contributed by atoms with E-state index in [9.17, 15) is 14.4 Å². The number of carbonyl (C=O) groups is 3. The van der Waals surface area contributed by atoms with Crippen LogP contribution in [0.25, 0.3) is 0 Å². The van der Waals surface area contributed by atoms with Gasteiger partial charge < -0.3 is 23.7 Å². The molecule has 4 aliphatic carbocycles. The Hall–Kier alpha value is -3.55. The van der Waals surface area contributed by atoms with Gasteiger partial charge in [-0.3, -0.25) is 0 Å². The Morgan fingerprint density at radius 2 is 1.39 bits per heavy atom. The maximum absolute atomic E-state index is 13.8. The number of hydrogen-bond acceptors (Lipinski definition) is 8. The summed E-state index contributed by atoms with van der Waals surface area (Å²) in [6.07, 6.45) is 20.7. The largest absolute Gasteiger partial charge is 0.493 e. The van der Waals surface area contributed by atoms with Crippen LogP contribution in [0, 0.1) is 46.3 Å². The number of ether oxygens (including phenoxy) is 5.